The summed E-state index contributed by atoms with van der Waals surface area (Å²) < 4.78 is 22.1. The SMILES string of the molecule is CCOC(=O)Cc1ccccc1OCc1ccc(-c2onc(C)c2NC(=O)O[C@H](C)c2ccccc2Cl)cc1. The molecule has 0 fully saturated rings. The lowest BCUT2D eigenvalue weighted by Crippen LogP contribution is -2.17. The van der Waals surface area contributed by atoms with E-state index >= 15 is 0 Å². The number of anilines is 1. The van der Waals surface area contributed by atoms with E-state index in [1.54, 1.807) is 32.9 Å². The number of nitrogens with zero attached hydrogens (tertiary/aromatic N) is 1. The predicted octanol–water partition coefficient (Wildman–Crippen LogP) is 7.30. The van der Waals surface area contributed by atoms with Crippen molar-refractivity contribution in [1.29, 1.82) is 0 Å². The van der Waals surface area contributed by atoms with Crippen LogP contribution < -0.4 is 10.1 Å². The molecule has 0 aliphatic rings. The van der Waals surface area contributed by atoms with E-state index in [0.717, 1.165) is 16.7 Å². The van der Waals surface area contributed by atoms with E-state index in [-0.39, 0.29) is 12.4 Å². The average Bonchev–Trinajstić information content (AvgIpc) is 3.28. The second-order valence-electron chi connectivity index (χ2n) is 8.74. The average molecular weight is 549 g/mol. The number of halogens is 1. The van der Waals surface area contributed by atoms with Gasteiger partial charge in [0.15, 0.2) is 5.76 Å². The fourth-order valence-electron chi connectivity index (χ4n) is 3.95. The number of esters is 1. The monoisotopic (exact) mass is 548 g/mol. The third-order valence-electron chi connectivity index (χ3n) is 5.94. The molecule has 202 valence electrons. The molecule has 0 aliphatic carbocycles. The van der Waals surface area contributed by atoms with Crippen LogP contribution in [0, 0.1) is 6.92 Å². The normalized spacial score (nSPS) is 11.5. The molecule has 3 aromatic carbocycles. The topological polar surface area (TPSA) is 99.9 Å². The lowest BCUT2D eigenvalue weighted by atomic mass is 10.1. The zero-order valence-electron chi connectivity index (χ0n) is 21.9. The first-order chi connectivity index (χ1) is 18.9. The van der Waals surface area contributed by atoms with Gasteiger partial charge in [0.25, 0.3) is 0 Å². The van der Waals surface area contributed by atoms with Gasteiger partial charge in [-0.1, -0.05) is 77.4 Å². The summed E-state index contributed by atoms with van der Waals surface area (Å²) in [6, 6.07) is 22.1. The van der Waals surface area contributed by atoms with Crippen LogP contribution in [0.4, 0.5) is 10.5 Å². The molecular formula is C30H29ClN2O6. The predicted molar refractivity (Wildman–Crippen MR) is 148 cm³/mol. The Morgan fingerprint density at radius 3 is 2.49 bits per heavy atom. The summed E-state index contributed by atoms with van der Waals surface area (Å²) in [6.45, 7) is 5.89. The Labute approximate surface area is 231 Å². The zero-order chi connectivity index (χ0) is 27.8. The molecule has 0 saturated carbocycles. The van der Waals surface area contributed by atoms with Crippen LogP contribution in [0.25, 0.3) is 11.3 Å². The minimum Gasteiger partial charge on any atom is -0.489 e. The summed E-state index contributed by atoms with van der Waals surface area (Å²) in [5, 5.41) is 7.28. The number of hydrogen-bond donors (Lipinski definition) is 1. The molecule has 1 N–H and O–H groups in total. The van der Waals surface area contributed by atoms with Crippen LogP contribution in [0.3, 0.4) is 0 Å². The van der Waals surface area contributed by atoms with E-state index in [1.165, 1.54) is 0 Å². The number of ether oxygens (including phenoxy) is 3. The molecule has 1 amide bonds. The molecule has 0 aliphatic heterocycles. The highest BCUT2D eigenvalue weighted by Crippen LogP contribution is 2.32. The molecule has 0 bridgehead atoms. The number of amides is 1. The van der Waals surface area contributed by atoms with E-state index in [4.69, 9.17) is 30.3 Å². The first-order valence-electron chi connectivity index (χ1n) is 12.5. The van der Waals surface area contributed by atoms with Gasteiger partial charge in [0.05, 0.1) is 13.0 Å². The van der Waals surface area contributed by atoms with E-state index in [0.29, 0.717) is 46.7 Å². The van der Waals surface area contributed by atoms with Gasteiger partial charge < -0.3 is 18.7 Å². The largest absolute Gasteiger partial charge is 0.489 e. The van der Waals surface area contributed by atoms with Crippen LogP contribution in [0.15, 0.2) is 77.3 Å². The van der Waals surface area contributed by atoms with Crippen molar-refractivity contribution in [3.63, 3.8) is 0 Å². The highest BCUT2D eigenvalue weighted by Gasteiger charge is 2.21. The Morgan fingerprint density at radius 1 is 1.03 bits per heavy atom. The molecule has 39 heavy (non-hydrogen) atoms. The number of aromatic nitrogens is 1. The van der Waals surface area contributed by atoms with Crippen molar-refractivity contribution in [2.24, 2.45) is 0 Å². The molecule has 4 aromatic rings. The van der Waals surface area contributed by atoms with Gasteiger partial charge >= 0.3 is 12.1 Å². The van der Waals surface area contributed by atoms with E-state index in [1.807, 2.05) is 60.7 Å². The van der Waals surface area contributed by atoms with Crippen LogP contribution >= 0.6 is 11.6 Å². The van der Waals surface area contributed by atoms with Gasteiger partial charge in [0.1, 0.15) is 29.8 Å². The fraction of sp³-hybridized carbons (Fsp3) is 0.233. The number of para-hydroxylation sites is 1. The fourth-order valence-corrected chi connectivity index (χ4v) is 4.24. The molecule has 1 heterocycles. The van der Waals surface area contributed by atoms with Gasteiger partial charge in [-0.15, -0.1) is 0 Å². The van der Waals surface area contributed by atoms with Crippen LogP contribution in [-0.2, 0) is 27.3 Å². The Bertz CT molecular complexity index is 1430. The Hall–Kier alpha value is -4.30. The second-order valence-corrected chi connectivity index (χ2v) is 9.15. The molecular weight excluding hydrogens is 520 g/mol. The maximum atomic E-state index is 12.7. The maximum Gasteiger partial charge on any atom is 0.412 e. The smallest absolute Gasteiger partial charge is 0.412 e. The van der Waals surface area contributed by atoms with Gasteiger partial charge in [0, 0.05) is 21.7 Å². The Morgan fingerprint density at radius 2 is 1.74 bits per heavy atom. The highest BCUT2D eigenvalue weighted by atomic mass is 35.5. The third kappa shape index (κ3) is 7.18. The van der Waals surface area contributed by atoms with Crippen molar-refractivity contribution in [3.05, 3.63) is 100 Å². The molecule has 0 spiro atoms. The summed E-state index contributed by atoms with van der Waals surface area (Å²) in [4.78, 5) is 24.6. The summed E-state index contributed by atoms with van der Waals surface area (Å²) in [7, 11) is 0. The minimum absolute atomic E-state index is 0.142. The molecule has 9 heteroatoms. The molecule has 1 aromatic heterocycles. The number of nitrogens with one attached hydrogen (secondary N) is 1. The van der Waals surface area contributed by atoms with Gasteiger partial charge in [-0.25, -0.2) is 4.79 Å². The first-order valence-corrected chi connectivity index (χ1v) is 12.9. The molecule has 4 rings (SSSR count). The second kappa shape index (κ2) is 13.0. The minimum atomic E-state index is -0.651. The Balaban J connectivity index is 1.41. The van der Waals surface area contributed by atoms with Gasteiger partial charge in [-0.2, -0.15) is 0 Å². The third-order valence-corrected chi connectivity index (χ3v) is 6.28. The number of carbonyl (C=O) groups is 2. The van der Waals surface area contributed by atoms with Gasteiger partial charge in [0.2, 0.25) is 0 Å². The van der Waals surface area contributed by atoms with Crippen molar-refractivity contribution >= 4 is 29.4 Å². The molecule has 0 saturated heterocycles. The number of rotatable bonds is 10. The summed E-state index contributed by atoms with van der Waals surface area (Å²) in [5.74, 6) is 0.727. The van der Waals surface area contributed by atoms with Crippen molar-refractivity contribution < 1.29 is 28.3 Å². The van der Waals surface area contributed by atoms with Crippen LogP contribution in [0.5, 0.6) is 5.75 Å². The van der Waals surface area contributed by atoms with Crippen LogP contribution in [0.1, 0.15) is 42.3 Å². The van der Waals surface area contributed by atoms with Crippen molar-refractivity contribution in [2.45, 2.75) is 39.9 Å². The number of aryl methyl sites for hydroxylation is 1. The molecule has 1 atom stereocenters. The lowest BCUT2D eigenvalue weighted by molar-refractivity contribution is -0.142. The van der Waals surface area contributed by atoms with Crippen molar-refractivity contribution in [2.75, 3.05) is 11.9 Å². The lowest BCUT2D eigenvalue weighted by Gasteiger charge is -2.15. The van der Waals surface area contributed by atoms with Gasteiger partial charge in [-0.05, 0) is 38.5 Å². The summed E-state index contributed by atoms with van der Waals surface area (Å²) in [5.41, 5.74) is 4.02. The number of carbonyl (C=O) groups excluding carboxylic acids is 2. The van der Waals surface area contributed by atoms with Crippen LogP contribution in [-0.4, -0.2) is 23.8 Å². The Kier molecular flexibility index (Phi) is 9.22. The highest BCUT2D eigenvalue weighted by molar-refractivity contribution is 6.31. The van der Waals surface area contributed by atoms with Crippen molar-refractivity contribution in [3.8, 4) is 17.1 Å². The van der Waals surface area contributed by atoms with Crippen molar-refractivity contribution in [1.82, 2.24) is 5.16 Å². The van der Waals surface area contributed by atoms with E-state index < -0.39 is 12.2 Å². The zero-order valence-corrected chi connectivity index (χ0v) is 22.7. The first kappa shape index (κ1) is 27.7. The van der Waals surface area contributed by atoms with E-state index in [2.05, 4.69) is 10.5 Å². The molecule has 8 nitrogen and oxygen atoms in total. The maximum absolute atomic E-state index is 12.7. The van der Waals surface area contributed by atoms with E-state index in [9.17, 15) is 9.59 Å². The summed E-state index contributed by atoms with van der Waals surface area (Å²) in [6.07, 6.45) is -1.06. The molecule has 0 unspecified atom stereocenters. The summed E-state index contributed by atoms with van der Waals surface area (Å²) >= 11 is 6.22. The molecule has 0 radical (unpaired) electrons. The quantitative estimate of drug-likeness (QED) is 0.207. The van der Waals surface area contributed by atoms with Crippen LogP contribution in [0.2, 0.25) is 5.02 Å². The number of benzene rings is 3. The number of hydrogen-bond acceptors (Lipinski definition) is 7. The van der Waals surface area contributed by atoms with Gasteiger partial charge in [-0.3, -0.25) is 10.1 Å². The standard InChI is InChI=1S/C30H29ClN2O6/c1-4-36-27(34)17-23-9-5-8-12-26(23)37-18-21-13-15-22(16-14-21)29-28(19(2)33-39-29)32-30(35)38-20(3)24-10-6-7-11-25(24)31/h5-16,20H,4,17-18H2,1-3H3,(H,32,35)/t20-/m1/s1.